The van der Waals surface area contributed by atoms with Gasteiger partial charge in [0.2, 0.25) is 11.0 Å². The first-order chi connectivity index (χ1) is 14.0. The van der Waals surface area contributed by atoms with E-state index in [9.17, 15) is 14.0 Å². The predicted octanol–water partition coefficient (Wildman–Crippen LogP) is 3.46. The minimum Gasteiger partial charge on any atom is -0.497 e. The third kappa shape index (κ3) is 3.95. The average molecular weight is 412 g/mol. The molecule has 1 N–H and O–H groups in total. The Morgan fingerprint density at radius 3 is 2.69 bits per heavy atom. The van der Waals surface area contributed by atoms with Crippen LogP contribution in [0.5, 0.6) is 5.75 Å². The lowest BCUT2D eigenvalue weighted by molar-refractivity contribution is -0.117. The molecule has 148 valence electrons. The second kappa shape index (κ2) is 7.96. The van der Waals surface area contributed by atoms with Crippen LogP contribution in [0, 0.1) is 5.82 Å². The van der Waals surface area contributed by atoms with E-state index in [1.54, 1.807) is 30.2 Å². The fourth-order valence-electron chi connectivity index (χ4n) is 3.14. The highest BCUT2D eigenvalue weighted by Gasteiger charge is 2.34. The molecular weight excluding hydrogens is 395 g/mol. The number of carbonyl (C=O) groups is 2. The number of rotatable bonds is 5. The van der Waals surface area contributed by atoms with Crippen molar-refractivity contribution in [2.45, 2.75) is 12.3 Å². The maximum absolute atomic E-state index is 13.7. The highest BCUT2D eigenvalue weighted by Crippen LogP contribution is 2.34. The monoisotopic (exact) mass is 412 g/mol. The topological polar surface area (TPSA) is 84.4 Å². The van der Waals surface area contributed by atoms with Crippen LogP contribution in [-0.4, -0.2) is 35.7 Å². The zero-order valence-electron chi connectivity index (χ0n) is 15.5. The normalized spacial score (nSPS) is 16.1. The SMILES string of the molecule is COc1ccc(N2C[C@@H](c3nnc(NC(=O)c4ccccc4F)s3)CC2=O)cc1. The number of hydrogen-bond acceptors (Lipinski definition) is 6. The third-order valence-corrected chi connectivity index (χ3v) is 5.64. The van der Waals surface area contributed by atoms with E-state index in [2.05, 4.69) is 15.5 Å². The number of carbonyl (C=O) groups excluding carboxylic acids is 2. The van der Waals surface area contributed by atoms with Gasteiger partial charge in [0.25, 0.3) is 5.91 Å². The molecule has 0 spiro atoms. The van der Waals surface area contributed by atoms with Gasteiger partial charge in [0.15, 0.2) is 0 Å². The van der Waals surface area contributed by atoms with Crippen molar-refractivity contribution in [3.05, 3.63) is 64.9 Å². The van der Waals surface area contributed by atoms with Crippen molar-refractivity contribution in [3.63, 3.8) is 0 Å². The molecule has 1 atom stereocenters. The molecule has 4 rings (SSSR count). The Bertz CT molecular complexity index is 1050. The number of anilines is 2. The molecule has 2 heterocycles. The second-order valence-electron chi connectivity index (χ2n) is 6.48. The molecule has 1 aliphatic heterocycles. The summed E-state index contributed by atoms with van der Waals surface area (Å²) in [5, 5.41) is 11.6. The number of methoxy groups -OCH3 is 1. The zero-order valence-corrected chi connectivity index (χ0v) is 16.3. The zero-order chi connectivity index (χ0) is 20.4. The van der Waals surface area contributed by atoms with Gasteiger partial charge in [-0.25, -0.2) is 4.39 Å². The van der Waals surface area contributed by atoms with Gasteiger partial charge >= 0.3 is 0 Å². The Kier molecular flexibility index (Phi) is 5.22. The second-order valence-corrected chi connectivity index (χ2v) is 7.49. The Morgan fingerprint density at radius 2 is 1.97 bits per heavy atom. The van der Waals surface area contributed by atoms with Crippen LogP contribution in [0.15, 0.2) is 48.5 Å². The number of ether oxygens (including phenoxy) is 1. The van der Waals surface area contributed by atoms with Crippen molar-refractivity contribution in [2.24, 2.45) is 0 Å². The largest absolute Gasteiger partial charge is 0.497 e. The highest BCUT2D eigenvalue weighted by atomic mass is 32.1. The number of nitrogens with zero attached hydrogens (tertiary/aromatic N) is 3. The first kappa shape index (κ1) is 19.0. The van der Waals surface area contributed by atoms with Gasteiger partial charge in [-0.3, -0.25) is 14.9 Å². The fourth-order valence-corrected chi connectivity index (χ4v) is 3.97. The van der Waals surface area contributed by atoms with Crippen molar-refractivity contribution < 1.29 is 18.7 Å². The van der Waals surface area contributed by atoms with Crippen LogP contribution in [0.25, 0.3) is 0 Å². The lowest BCUT2D eigenvalue weighted by Gasteiger charge is -2.16. The van der Waals surface area contributed by atoms with E-state index in [4.69, 9.17) is 4.74 Å². The molecule has 0 saturated carbocycles. The van der Waals surface area contributed by atoms with Crippen molar-refractivity contribution in [3.8, 4) is 5.75 Å². The molecule has 1 saturated heterocycles. The van der Waals surface area contributed by atoms with Crippen LogP contribution in [0.1, 0.15) is 27.7 Å². The average Bonchev–Trinajstić information content (AvgIpc) is 3.35. The molecule has 0 unspecified atom stereocenters. The molecule has 0 radical (unpaired) electrons. The first-order valence-corrected chi connectivity index (χ1v) is 9.70. The minimum atomic E-state index is -0.605. The van der Waals surface area contributed by atoms with Crippen molar-refractivity contribution in [2.75, 3.05) is 23.9 Å². The summed E-state index contributed by atoms with van der Waals surface area (Å²) in [7, 11) is 1.59. The van der Waals surface area contributed by atoms with Crippen LogP contribution in [0.3, 0.4) is 0 Å². The minimum absolute atomic E-state index is 0.00712. The van der Waals surface area contributed by atoms with E-state index in [1.165, 1.54) is 29.5 Å². The van der Waals surface area contributed by atoms with Gasteiger partial charge < -0.3 is 9.64 Å². The summed E-state index contributed by atoms with van der Waals surface area (Å²) in [6.07, 6.45) is 0.307. The number of halogens is 1. The van der Waals surface area contributed by atoms with Crippen LogP contribution >= 0.6 is 11.3 Å². The maximum atomic E-state index is 13.7. The molecule has 2 aromatic carbocycles. The van der Waals surface area contributed by atoms with Gasteiger partial charge in [-0.1, -0.05) is 23.5 Å². The van der Waals surface area contributed by atoms with Crippen LogP contribution in [0.4, 0.5) is 15.2 Å². The van der Waals surface area contributed by atoms with E-state index < -0.39 is 11.7 Å². The Labute approximate surface area is 170 Å². The summed E-state index contributed by atoms with van der Waals surface area (Å²) in [5.41, 5.74) is 0.724. The van der Waals surface area contributed by atoms with Crippen LogP contribution in [-0.2, 0) is 4.79 Å². The Balaban J connectivity index is 1.45. The van der Waals surface area contributed by atoms with Crippen molar-refractivity contribution in [1.29, 1.82) is 0 Å². The standard InChI is InChI=1S/C20H17FN4O3S/c1-28-14-8-6-13(7-9-14)25-11-12(10-17(25)26)19-23-24-20(29-19)22-18(27)15-4-2-3-5-16(15)21/h2-9,12H,10-11H2,1H3,(H,22,24,27)/t12-/m0/s1. The van der Waals surface area contributed by atoms with Crippen molar-refractivity contribution in [1.82, 2.24) is 10.2 Å². The van der Waals surface area contributed by atoms with Gasteiger partial charge in [0.05, 0.1) is 12.7 Å². The summed E-state index contributed by atoms with van der Waals surface area (Å²) in [5.74, 6) is -0.607. The van der Waals surface area contributed by atoms with E-state index in [1.807, 2.05) is 12.1 Å². The molecule has 1 fully saturated rings. The quantitative estimate of drug-likeness (QED) is 0.694. The molecule has 3 aromatic rings. The van der Waals surface area contributed by atoms with Gasteiger partial charge in [-0.05, 0) is 36.4 Å². The lowest BCUT2D eigenvalue weighted by Crippen LogP contribution is -2.24. The van der Waals surface area contributed by atoms with Gasteiger partial charge in [-0.2, -0.15) is 0 Å². The van der Waals surface area contributed by atoms with E-state index in [0.29, 0.717) is 18.0 Å². The molecule has 2 amide bonds. The predicted molar refractivity (Wildman–Crippen MR) is 107 cm³/mol. The molecule has 29 heavy (non-hydrogen) atoms. The Hall–Kier alpha value is -3.33. The fraction of sp³-hybridized carbons (Fsp3) is 0.200. The molecule has 7 nitrogen and oxygen atoms in total. The lowest BCUT2D eigenvalue weighted by atomic mass is 10.1. The van der Waals surface area contributed by atoms with E-state index >= 15 is 0 Å². The highest BCUT2D eigenvalue weighted by molar-refractivity contribution is 7.15. The first-order valence-electron chi connectivity index (χ1n) is 8.89. The maximum Gasteiger partial charge on any atom is 0.260 e. The van der Waals surface area contributed by atoms with Crippen LogP contribution < -0.4 is 15.0 Å². The van der Waals surface area contributed by atoms with E-state index in [-0.39, 0.29) is 22.5 Å². The van der Waals surface area contributed by atoms with E-state index in [0.717, 1.165) is 11.4 Å². The van der Waals surface area contributed by atoms with Gasteiger partial charge in [0, 0.05) is 24.6 Å². The number of nitrogens with one attached hydrogen (secondary N) is 1. The number of benzene rings is 2. The Morgan fingerprint density at radius 1 is 1.21 bits per heavy atom. The molecule has 1 aromatic heterocycles. The summed E-state index contributed by atoms with van der Waals surface area (Å²) in [6, 6.07) is 13.0. The molecule has 0 bridgehead atoms. The molecular formula is C20H17FN4O3S. The third-order valence-electron chi connectivity index (χ3n) is 4.64. The van der Waals surface area contributed by atoms with Crippen molar-refractivity contribution >= 4 is 34.0 Å². The molecule has 9 heteroatoms. The summed E-state index contributed by atoms with van der Waals surface area (Å²) < 4.78 is 18.9. The number of amides is 2. The molecule has 1 aliphatic rings. The van der Waals surface area contributed by atoms with Gasteiger partial charge in [0.1, 0.15) is 16.6 Å². The smallest absolute Gasteiger partial charge is 0.260 e. The summed E-state index contributed by atoms with van der Waals surface area (Å²) in [4.78, 5) is 26.4. The summed E-state index contributed by atoms with van der Waals surface area (Å²) in [6.45, 7) is 0.473. The molecule has 0 aliphatic carbocycles. The summed E-state index contributed by atoms with van der Waals surface area (Å²) >= 11 is 1.19. The number of hydrogen-bond donors (Lipinski definition) is 1. The van der Waals surface area contributed by atoms with Gasteiger partial charge in [-0.15, -0.1) is 10.2 Å². The number of aromatic nitrogens is 2. The van der Waals surface area contributed by atoms with Crippen LogP contribution in [0.2, 0.25) is 0 Å².